The molecule has 5 atom stereocenters. The Balaban J connectivity index is 0.737. The van der Waals surface area contributed by atoms with Gasteiger partial charge in [0.1, 0.15) is 6.04 Å². The largest absolute Gasteiger partial charge is 0.393 e. The molecule has 0 spiro atoms. The molecule has 4 aliphatic carbocycles. The molecule has 8 aliphatic rings. The van der Waals surface area contributed by atoms with Crippen LogP contribution in [0.1, 0.15) is 135 Å². The number of carbonyl (C=O) groups is 4. The van der Waals surface area contributed by atoms with Gasteiger partial charge in [0.15, 0.2) is 0 Å². The molecule has 0 aromatic heterocycles. The summed E-state index contributed by atoms with van der Waals surface area (Å²) in [5.41, 5.74) is 3.68. The van der Waals surface area contributed by atoms with Crippen LogP contribution in [-0.2, 0) is 23.9 Å². The summed E-state index contributed by atoms with van der Waals surface area (Å²) in [6.45, 7) is 11.8. The van der Waals surface area contributed by atoms with Gasteiger partial charge in [-0.1, -0.05) is 37.3 Å². The molecular weight excluding hydrogens is 719 g/mol. The summed E-state index contributed by atoms with van der Waals surface area (Å²) in [4.78, 5) is 59.9. The van der Waals surface area contributed by atoms with Crippen molar-refractivity contribution in [2.75, 3.05) is 59.0 Å². The fourth-order valence-corrected chi connectivity index (χ4v) is 13.0. The van der Waals surface area contributed by atoms with Crippen molar-refractivity contribution in [1.29, 1.82) is 0 Å². The van der Waals surface area contributed by atoms with E-state index in [9.17, 15) is 24.3 Å². The Morgan fingerprint density at radius 1 is 0.719 bits per heavy atom. The van der Waals surface area contributed by atoms with Crippen LogP contribution >= 0.6 is 0 Å². The Bertz CT molecular complexity index is 1460. The summed E-state index contributed by atoms with van der Waals surface area (Å²) in [6.07, 6.45) is 21.7. The quantitative estimate of drug-likeness (QED) is 0.201. The minimum absolute atomic E-state index is 0.0872. The maximum absolute atomic E-state index is 13.5. The van der Waals surface area contributed by atoms with Crippen LogP contribution in [0.3, 0.4) is 0 Å². The summed E-state index contributed by atoms with van der Waals surface area (Å²) in [5, 5.41) is 12.6. The number of fused-ring (bicyclic) bond motifs is 1. The number of hydrogen-bond donors (Lipinski definition) is 2. The first kappa shape index (κ1) is 41.5. The van der Waals surface area contributed by atoms with Crippen LogP contribution in [-0.4, -0.2) is 132 Å². The molecule has 8 fully saturated rings. The molecule has 0 radical (unpaired) electrons. The van der Waals surface area contributed by atoms with Gasteiger partial charge < -0.3 is 19.6 Å². The Kier molecular flexibility index (Phi) is 13.9. The van der Waals surface area contributed by atoms with Crippen LogP contribution < -0.4 is 5.32 Å². The van der Waals surface area contributed by atoms with E-state index >= 15 is 0 Å². The van der Waals surface area contributed by atoms with Crippen LogP contribution in [0.2, 0.25) is 0 Å². The smallest absolute Gasteiger partial charge is 0.249 e. The molecule has 4 aliphatic heterocycles. The first-order valence-corrected chi connectivity index (χ1v) is 23.7. The van der Waals surface area contributed by atoms with Gasteiger partial charge in [-0.2, -0.15) is 0 Å². The van der Waals surface area contributed by atoms with Crippen LogP contribution in [0.25, 0.3) is 0 Å². The number of nitrogens with one attached hydrogen (secondary N) is 1. The Morgan fingerprint density at radius 3 is 2.12 bits per heavy atom. The Morgan fingerprint density at radius 2 is 1.42 bits per heavy atom. The van der Waals surface area contributed by atoms with Crippen molar-refractivity contribution in [3.05, 3.63) is 11.1 Å². The number of amides is 4. The van der Waals surface area contributed by atoms with Crippen molar-refractivity contribution in [3.8, 4) is 0 Å². The van der Waals surface area contributed by atoms with Crippen LogP contribution in [0.15, 0.2) is 11.1 Å². The number of imide groups is 2. The molecule has 4 saturated carbocycles. The molecule has 5 unspecified atom stereocenters. The number of hydrogen-bond acceptors (Lipinski definition) is 9. The summed E-state index contributed by atoms with van der Waals surface area (Å²) in [6, 6.07) is -0.547. The van der Waals surface area contributed by atoms with Crippen LogP contribution in [0.4, 0.5) is 0 Å². The maximum Gasteiger partial charge on any atom is 0.249 e. The van der Waals surface area contributed by atoms with Crippen LogP contribution in [0, 0.1) is 35.5 Å². The number of piperazine rings is 1. The lowest BCUT2D eigenvalue weighted by molar-refractivity contribution is -0.151. The highest BCUT2D eigenvalue weighted by Gasteiger charge is 2.54. The number of rotatable bonds is 12. The highest BCUT2D eigenvalue weighted by Crippen LogP contribution is 2.46. The number of aliphatic hydroxyl groups excluding tert-OH is 1. The van der Waals surface area contributed by atoms with E-state index < -0.39 is 11.9 Å². The molecule has 57 heavy (non-hydrogen) atoms. The highest BCUT2D eigenvalue weighted by molar-refractivity contribution is 6.10. The second kappa shape index (κ2) is 19.0. The van der Waals surface area contributed by atoms with Gasteiger partial charge in [0.2, 0.25) is 23.6 Å². The summed E-state index contributed by atoms with van der Waals surface area (Å²) >= 11 is 0. The predicted octanol–water partition coefficient (Wildman–Crippen LogP) is 5.30. The van der Waals surface area contributed by atoms with Gasteiger partial charge in [-0.05, 0) is 133 Å². The molecule has 318 valence electrons. The van der Waals surface area contributed by atoms with E-state index in [2.05, 4.69) is 26.9 Å². The van der Waals surface area contributed by atoms with E-state index in [1.807, 2.05) is 11.1 Å². The molecule has 2 N–H and O–H groups in total. The lowest BCUT2D eigenvalue weighted by Gasteiger charge is -2.42. The summed E-state index contributed by atoms with van der Waals surface area (Å²) < 4.78 is 6.60. The molecule has 8 rings (SSSR count). The highest BCUT2D eigenvalue weighted by atomic mass is 16.5. The van der Waals surface area contributed by atoms with Gasteiger partial charge in [-0.25, -0.2) is 0 Å². The van der Waals surface area contributed by atoms with Crippen molar-refractivity contribution in [2.24, 2.45) is 35.5 Å². The molecule has 4 saturated heterocycles. The number of piperidine rings is 1. The van der Waals surface area contributed by atoms with Gasteiger partial charge in [0.05, 0.1) is 30.7 Å². The predicted molar refractivity (Wildman–Crippen MR) is 219 cm³/mol. The van der Waals surface area contributed by atoms with Gasteiger partial charge in [-0.3, -0.25) is 34.3 Å². The minimum atomic E-state index is -0.843. The number of nitrogens with zero attached hydrogens (tertiary/aromatic N) is 4. The molecule has 0 aromatic carbocycles. The Labute approximate surface area is 342 Å². The van der Waals surface area contributed by atoms with Crippen molar-refractivity contribution < 1.29 is 29.0 Å². The average molecular weight is 792 g/mol. The third kappa shape index (κ3) is 9.58. The third-order valence-electron chi connectivity index (χ3n) is 16.1. The molecule has 0 aromatic rings. The lowest BCUT2D eigenvalue weighted by Crippen LogP contribution is -2.54. The SMILES string of the molecule is CC/C(=C(\C1CCC(O)CC1)C1CCC(OCCN2CCC(CN3CCN(C4CCC5C(=O)N(C6CCC(=O)NC6=O)C(=O)C5C4)CC3)C2)CC1)C1CCCCC1. The number of ether oxygens (including phenoxy) is 1. The van der Waals surface area contributed by atoms with Crippen molar-refractivity contribution >= 4 is 23.6 Å². The fraction of sp³-hybridized carbons (Fsp3) is 0.870. The zero-order chi connectivity index (χ0) is 39.5. The van der Waals surface area contributed by atoms with E-state index in [0.29, 0.717) is 36.8 Å². The second-order valence-electron chi connectivity index (χ2n) is 19.5. The molecule has 4 heterocycles. The number of allylic oxidation sites excluding steroid dienone is 2. The molecular formula is C46H73N5O6. The fourth-order valence-electron chi connectivity index (χ4n) is 13.0. The minimum Gasteiger partial charge on any atom is -0.393 e. The number of aliphatic hydroxyl groups is 1. The maximum atomic E-state index is 13.5. The first-order chi connectivity index (χ1) is 27.7. The number of carbonyl (C=O) groups excluding carboxylic acids is 4. The van der Waals surface area contributed by atoms with E-state index in [1.54, 1.807) is 0 Å². The molecule has 0 bridgehead atoms. The normalized spacial score (nSPS) is 37.4. The molecule has 4 amide bonds. The Hall–Kier alpha value is -2.18. The van der Waals surface area contributed by atoms with Gasteiger partial charge in [0, 0.05) is 58.3 Å². The first-order valence-electron chi connectivity index (χ1n) is 23.7. The van der Waals surface area contributed by atoms with Crippen molar-refractivity contribution in [2.45, 2.75) is 160 Å². The van der Waals surface area contributed by atoms with E-state index in [4.69, 9.17) is 4.74 Å². The molecule has 11 heteroatoms. The van der Waals surface area contributed by atoms with Gasteiger partial charge in [0.25, 0.3) is 0 Å². The zero-order valence-corrected chi connectivity index (χ0v) is 35.1. The molecule has 11 nitrogen and oxygen atoms in total. The lowest BCUT2D eigenvalue weighted by atomic mass is 9.68. The van der Waals surface area contributed by atoms with Crippen molar-refractivity contribution in [3.63, 3.8) is 0 Å². The summed E-state index contributed by atoms with van der Waals surface area (Å²) in [7, 11) is 0. The monoisotopic (exact) mass is 792 g/mol. The van der Waals surface area contributed by atoms with Gasteiger partial charge >= 0.3 is 0 Å². The standard InChI is InChI=1S/C46H73N5O6/c1-2-38(32-6-4-3-5-7-32)43(33-8-13-36(52)14-9-33)34-10-15-37(16-11-34)57-27-26-48-21-20-31(29-48)30-49-22-24-50(25-23-49)35-12-17-39-40(28-35)46(56)51(45(39)55)41-18-19-42(53)47-44(41)54/h31-37,39-41,52H,2-30H2,1H3,(H,47,53,54)/b43-38-. The third-order valence-corrected chi connectivity index (χ3v) is 16.1. The average Bonchev–Trinajstić information content (AvgIpc) is 3.78. The van der Waals surface area contributed by atoms with Gasteiger partial charge in [-0.15, -0.1) is 0 Å². The van der Waals surface area contributed by atoms with Crippen LogP contribution in [0.5, 0.6) is 0 Å². The zero-order valence-electron chi connectivity index (χ0n) is 35.1. The summed E-state index contributed by atoms with van der Waals surface area (Å²) in [5.74, 6) is 0.983. The topological polar surface area (TPSA) is 123 Å². The van der Waals surface area contributed by atoms with E-state index in [0.717, 1.165) is 83.5 Å². The second-order valence-corrected chi connectivity index (χ2v) is 19.5. The van der Waals surface area contributed by atoms with Crippen molar-refractivity contribution in [1.82, 2.24) is 24.9 Å². The number of likely N-dealkylation sites (tertiary alicyclic amines) is 2. The van der Waals surface area contributed by atoms with E-state index in [-0.39, 0.29) is 48.5 Å². The van der Waals surface area contributed by atoms with E-state index in [1.165, 1.54) is 94.9 Å².